The minimum absolute atomic E-state index is 0.0499. The topological polar surface area (TPSA) is 92.6 Å². The van der Waals surface area contributed by atoms with Crippen LogP contribution in [-0.2, 0) is 0 Å². The molecule has 0 aliphatic heterocycles. The van der Waals surface area contributed by atoms with E-state index < -0.39 is 0 Å². The van der Waals surface area contributed by atoms with Gasteiger partial charge in [0.2, 0.25) is 5.96 Å². The summed E-state index contributed by atoms with van der Waals surface area (Å²) in [4.78, 5) is 3.12. The van der Waals surface area contributed by atoms with Gasteiger partial charge in [-0.3, -0.25) is 0 Å². The highest BCUT2D eigenvalue weighted by atomic mass is 15.3. The Labute approximate surface area is 86.5 Å². The Morgan fingerprint density at radius 2 is 2.07 bits per heavy atom. The number of fused-ring (bicyclic) bond motifs is 1. The van der Waals surface area contributed by atoms with E-state index in [0.29, 0.717) is 0 Å². The molecule has 0 saturated heterocycles. The normalized spacial score (nSPS) is 10.9. The number of rotatable bonds is 2. The summed E-state index contributed by atoms with van der Waals surface area (Å²) >= 11 is 0. The van der Waals surface area contributed by atoms with Gasteiger partial charge < -0.3 is 16.5 Å². The number of guanidine groups is 1. The second kappa shape index (κ2) is 3.83. The summed E-state index contributed by atoms with van der Waals surface area (Å²) in [6.07, 6.45) is 3.47. The quantitative estimate of drug-likeness (QED) is 0.380. The average Bonchev–Trinajstić information content (AvgIpc) is 2.62. The van der Waals surface area contributed by atoms with Crippen molar-refractivity contribution in [3.05, 3.63) is 36.0 Å². The highest BCUT2D eigenvalue weighted by molar-refractivity contribution is 5.99. The van der Waals surface area contributed by atoms with Crippen molar-refractivity contribution in [1.29, 1.82) is 0 Å². The first-order valence-electron chi connectivity index (χ1n) is 4.45. The fourth-order valence-electron chi connectivity index (χ4n) is 1.36. The number of benzene rings is 1. The van der Waals surface area contributed by atoms with Crippen molar-refractivity contribution in [2.75, 3.05) is 0 Å². The maximum atomic E-state index is 5.15. The maximum absolute atomic E-state index is 5.15. The highest BCUT2D eigenvalue weighted by Crippen LogP contribution is 2.15. The first kappa shape index (κ1) is 9.26. The zero-order valence-electron chi connectivity index (χ0n) is 8.01. The van der Waals surface area contributed by atoms with Gasteiger partial charge in [0.1, 0.15) is 0 Å². The number of hydrogen-bond acceptors (Lipinski definition) is 2. The number of nitrogens with two attached hydrogens (primary N) is 2. The summed E-state index contributed by atoms with van der Waals surface area (Å²) < 4.78 is 0. The van der Waals surface area contributed by atoms with Crippen LogP contribution in [0.25, 0.3) is 10.9 Å². The third-order valence-electron chi connectivity index (χ3n) is 1.99. The van der Waals surface area contributed by atoms with E-state index in [0.717, 1.165) is 16.5 Å². The standard InChI is InChI=1S/C10H11N5/c11-10(12)15-14-6-7-5-13-9-4-2-1-3-8(7)9/h1-6,13H,(H4,11,12,15). The summed E-state index contributed by atoms with van der Waals surface area (Å²) in [5.41, 5.74) is 12.3. The van der Waals surface area contributed by atoms with Gasteiger partial charge in [-0.25, -0.2) is 0 Å². The lowest BCUT2D eigenvalue weighted by molar-refractivity contribution is 1.22. The summed E-state index contributed by atoms with van der Waals surface area (Å²) in [6.45, 7) is 0. The average molecular weight is 201 g/mol. The largest absolute Gasteiger partial charge is 0.369 e. The van der Waals surface area contributed by atoms with Crippen molar-refractivity contribution >= 4 is 23.1 Å². The summed E-state index contributed by atoms with van der Waals surface area (Å²) in [7, 11) is 0. The van der Waals surface area contributed by atoms with Crippen LogP contribution in [0.4, 0.5) is 0 Å². The Balaban J connectivity index is 2.37. The van der Waals surface area contributed by atoms with E-state index >= 15 is 0 Å². The SMILES string of the molecule is NC(N)=NN=Cc1c[nH]c2ccccc12. The molecule has 0 spiro atoms. The summed E-state index contributed by atoms with van der Waals surface area (Å²) in [6, 6.07) is 7.93. The predicted molar refractivity (Wildman–Crippen MR) is 61.7 cm³/mol. The van der Waals surface area contributed by atoms with Crippen molar-refractivity contribution in [3.63, 3.8) is 0 Å². The number of aromatic nitrogens is 1. The Bertz CT molecular complexity index is 519. The fraction of sp³-hybridized carbons (Fsp3) is 0. The van der Waals surface area contributed by atoms with Crippen molar-refractivity contribution in [1.82, 2.24) is 4.98 Å². The van der Waals surface area contributed by atoms with E-state index in [4.69, 9.17) is 11.5 Å². The lowest BCUT2D eigenvalue weighted by Crippen LogP contribution is -2.21. The molecule has 0 radical (unpaired) electrons. The van der Waals surface area contributed by atoms with Crippen LogP contribution in [0.3, 0.4) is 0 Å². The van der Waals surface area contributed by atoms with E-state index in [1.54, 1.807) is 6.21 Å². The van der Waals surface area contributed by atoms with E-state index in [9.17, 15) is 0 Å². The molecule has 0 unspecified atom stereocenters. The van der Waals surface area contributed by atoms with Crippen LogP contribution >= 0.6 is 0 Å². The molecule has 0 aliphatic carbocycles. The number of hydrogen-bond donors (Lipinski definition) is 3. The zero-order valence-corrected chi connectivity index (χ0v) is 8.01. The highest BCUT2D eigenvalue weighted by Gasteiger charge is 1.98. The van der Waals surface area contributed by atoms with E-state index in [-0.39, 0.29) is 5.96 Å². The second-order valence-electron chi connectivity index (χ2n) is 3.06. The van der Waals surface area contributed by atoms with Crippen LogP contribution in [0.2, 0.25) is 0 Å². The molecule has 15 heavy (non-hydrogen) atoms. The molecule has 0 bridgehead atoms. The van der Waals surface area contributed by atoms with Crippen LogP contribution in [-0.4, -0.2) is 17.2 Å². The molecule has 0 aliphatic rings. The van der Waals surface area contributed by atoms with Crippen LogP contribution in [0.1, 0.15) is 5.56 Å². The van der Waals surface area contributed by atoms with Gasteiger partial charge in [0, 0.05) is 22.7 Å². The Morgan fingerprint density at radius 3 is 2.87 bits per heavy atom. The zero-order chi connectivity index (χ0) is 10.7. The molecule has 76 valence electrons. The van der Waals surface area contributed by atoms with Gasteiger partial charge in [0.15, 0.2) is 0 Å². The molecule has 5 heteroatoms. The third-order valence-corrected chi connectivity index (χ3v) is 1.99. The molecule has 2 aromatic rings. The number of nitrogens with zero attached hydrogens (tertiary/aromatic N) is 2. The lowest BCUT2D eigenvalue weighted by Gasteiger charge is -1.89. The van der Waals surface area contributed by atoms with Crippen LogP contribution in [0.5, 0.6) is 0 Å². The molecule has 0 saturated carbocycles. The van der Waals surface area contributed by atoms with Crippen LogP contribution in [0.15, 0.2) is 40.7 Å². The molecular weight excluding hydrogens is 190 g/mol. The monoisotopic (exact) mass is 201 g/mol. The van der Waals surface area contributed by atoms with Crippen molar-refractivity contribution < 1.29 is 0 Å². The molecule has 0 atom stereocenters. The third kappa shape index (κ3) is 1.96. The van der Waals surface area contributed by atoms with Crippen LogP contribution in [0, 0.1) is 0 Å². The number of nitrogens with one attached hydrogen (secondary N) is 1. The number of H-pyrrole nitrogens is 1. The van der Waals surface area contributed by atoms with E-state index in [1.165, 1.54) is 0 Å². The predicted octanol–water partition coefficient (Wildman–Crippen LogP) is 0.775. The lowest BCUT2D eigenvalue weighted by atomic mass is 10.2. The van der Waals surface area contributed by atoms with Gasteiger partial charge in [-0.05, 0) is 6.07 Å². The fourth-order valence-corrected chi connectivity index (χ4v) is 1.36. The molecular formula is C10H11N5. The molecule has 1 aromatic heterocycles. The minimum Gasteiger partial charge on any atom is -0.369 e. The number of para-hydroxylation sites is 1. The second-order valence-corrected chi connectivity index (χ2v) is 3.06. The number of aromatic amines is 1. The smallest absolute Gasteiger partial charge is 0.211 e. The first-order valence-corrected chi connectivity index (χ1v) is 4.45. The molecule has 2 rings (SSSR count). The minimum atomic E-state index is -0.0499. The molecule has 1 heterocycles. The maximum Gasteiger partial charge on any atom is 0.211 e. The van der Waals surface area contributed by atoms with Gasteiger partial charge in [-0.2, -0.15) is 5.10 Å². The van der Waals surface area contributed by atoms with Crippen LogP contribution < -0.4 is 11.5 Å². The first-order chi connectivity index (χ1) is 7.27. The van der Waals surface area contributed by atoms with Gasteiger partial charge >= 0.3 is 0 Å². The molecule has 0 fully saturated rings. The van der Waals surface area contributed by atoms with E-state index in [2.05, 4.69) is 15.2 Å². The summed E-state index contributed by atoms with van der Waals surface area (Å²) in [5, 5.41) is 8.38. The van der Waals surface area contributed by atoms with Gasteiger partial charge in [-0.1, -0.05) is 18.2 Å². The molecule has 5 nitrogen and oxygen atoms in total. The Hall–Kier alpha value is -2.30. The van der Waals surface area contributed by atoms with Gasteiger partial charge in [-0.15, -0.1) is 5.10 Å². The molecule has 0 amide bonds. The van der Waals surface area contributed by atoms with Gasteiger partial charge in [0.25, 0.3) is 0 Å². The van der Waals surface area contributed by atoms with Gasteiger partial charge in [0.05, 0.1) is 6.21 Å². The van der Waals surface area contributed by atoms with Crippen molar-refractivity contribution in [2.24, 2.45) is 21.7 Å². The van der Waals surface area contributed by atoms with E-state index in [1.807, 2.05) is 30.5 Å². The summed E-state index contributed by atoms with van der Waals surface area (Å²) in [5.74, 6) is -0.0499. The van der Waals surface area contributed by atoms with Crippen molar-refractivity contribution in [2.45, 2.75) is 0 Å². The molecule has 1 aromatic carbocycles. The molecule has 5 N–H and O–H groups in total. The Kier molecular flexibility index (Phi) is 2.37. The van der Waals surface area contributed by atoms with Crippen molar-refractivity contribution in [3.8, 4) is 0 Å². The Morgan fingerprint density at radius 1 is 1.27 bits per heavy atom.